The van der Waals surface area contributed by atoms with E-state index in [2.05, 4.69) is 68.0 Å². The number of rotatable bonds is 9. The van der Waals surface area contributed by atoms with Crippen LogP contribution in [-0.2, 0) is 0 Å². The van der Waals surface area contributed by atoms with E-state index in [1.165, 1.54) is 53.3 Å². The second-order valence-corrected chi connectivity index (χ2v) is 7.08. The Morgan fingerprint density at radius 3 is 2.10 bits per heavy atom. The molecule has 1 aromatic rings. The Morgan fingerprint density at radius 2 is 1.57 bits per heavy atom. The minimum absolute atomic E-state index is 0.497. The van der Waals surface area contributed by atoms with Gasteiger partial charge in [-0.15, -0.1) is 0 Å². The highest BCUT2D eigenvalue weighted by molar-refractivity contribution is 9.10. The molecule has 0 aliphatic rings. The van der Waals surface area contributed by atoms with E-state index >= 15 is 0 Å². The summed E-state index contributed by atoms with van der Waals surface area (Å²) in [7, 11) is 0. The SMILES string of the molecule is CCCNC(c1cc(C)c(Br)cc1C)C(CCC)CCC. The molecule has 0 fully saturated rings. The van der Waals surface area contributed by atoms with Gasteiger partial charge in [0, 0.05) is 10.5 Å². The van der Waals surface area contributed by atoms with Crippen LogP contribution in [-0.4, -0.2) is 6.54 Å². The maximum atomic E-state index is 3.83. The fourth-order valence-corrected chi connectivity index (χ4v) is 3.65. The van der Waals surface area contributed by atoms with Crippen molar-refractivity contribution in [3.63, 3.8) is 0 Å². The molecule has 0 radical (unpaired) electrons. The van der Waals surface area contributed by atoms with E-state index in [9.17, 15) is 0 Å². The molecule has 120 valence electrons. The van der Waals surface area contributed by atoms with E-state index < -0.39 is 0 Å². The van der Waals surface area contributed by atoms with Crippen molar-refractivity contribution in [1.82, 2.24) is 5.32 Å². The van der Waals surface area contributed by atoms with Crippen molar-refractivity contribution in [2.45, 2.75) is 72.8 Å². The molecule has 0 heterocycles. The van der Waals surface area contributed by atoms with Crippen LogP contribution in [0.4, 0.5) is 0 Å². The molecule has 0 aliphatic carbocycles. The quantitative estimate of drug-likeness (QED) is 0.547. The lowest BCUT2D eigenvalue weighted by atomic mass is 9.84. The number of nitrogens with one attached hydrogen (secondary N) is 1. The lowest BCUT2D eigenvalue weighted by Gasteiger charge is -2.30. The van der Waals surface area contributed by atoms with E-state index in [4.69, 9.17) is 0 Å². The Kier molecular flexibility index (Phi) is 8.58. The average Bonchev–Trinajstić information content (AvgIpc) is 2.44. The van der Waals surface area contributed by atoms with Crippen molar-refractivity contribution in [2.24, 2.45) is 5.92 Å². The smallest absolute Gasteiger partial charge is 0.0351 e. The van der Waals surface area contributed by atoms with Gasteiger partial charge in [0.05, 0.1) is 0 Å². The molecule has 0 aromatic heterocycles. The summed E-state index contributed by atoms with van der Waals surface area (Å²) < 4.78 is 1.22. The highest BCUT2D eigenvalue weighted by Gasteiger charge is 2.23. The summed E-state index contributed by atoms with van der Waals surface area (Å²) in [5.74, 6) is 0.742. The number of halogens is 1. The van der Waals surface area contributed by atoms with Crippen molar-refractivity contribution < 1.29 is 0 Å². The molecule has 0 amide bonds. The van der Waals surface area contributed by atoms with Gasteiger partial charge in [-0.1, -0.05) is 55.6 Å². The van der Waals surface area contributed by atoms with Crippen LogP contribution in [0.25, 0.3) is 0 Å². The third-order valence-corrected chi connectivity index (χ3v) is 5.14. The van der Waals surface area contributed by atoms with Gasteiger partial charge in [0.15, 0.2) is 0 Å². The minimum atomic E-state index is 0.497. The molecule has 1 N–H and O–H groups in total. The van der Waals surface area contributed by atoms with Crippen LogP contribution in [0.5, 0.6) is 0 Å². The summed E-state index contributed by atoms with van der Waals surface area (Å²) in [6.45, 7) is 12.4. The van der Waals surface area contributed by atoms with Gasteiger partial charge in [0.2, 0.25) is 0 Å². The predicted octanol–water partition coefficient (Wildman–Crippen LogP) is 6.32. The average molecular weight is 354 g/mol. The van der Waals surface area contributed by atoms with Crippen LogP contribution in [0.1, 0.15) is 75.6 Å². The molecule has 1 atom stereocenters. The molecule has 0 saturated heterocycles. The van der Waals surface area contributed by atoms with Crippen molar-refractivity contribution in [3.05, 3.63) is 33.3 Å². The van der Waals surface area contributed by atoms with Crippen molar-refractivity contribution in [3.8, 4) is 0 Å². The van der Waals surface area contributed by atoms with E-state index in [1.54, 1.807) is 0 Å². The fourth-order valence-electron chi connectivity index (χ4n) is 3.19. The van der Waals surface area contributed by atoms with Gasteiger partial charge in [-0.05, 0) is 68.3 Å². The molecule has 2 heteroatoms. The first-order valence-corrected chi connectivity index (χ1v) is 9.34. The topological polar surface area (TPSA) is 12.0 Å². The fraction of sp³-hybridized carbons (Fsp3) is 0.684. The van der Waals surface area contributed by atoms with E-state index in [-0.39, 0.29) is 0 Å². The predicted molar refractivity (Wildman–Crippen MR) is 98.0 cm³/mol. The third kappa shape index (κ3) is 5.41. The Bertz CT molecular complexity index is 422. The number of hydrogen-bond acceptors (Lipinski definition) is 1. The highest BCUT2D eigenvalue weighted by Crippen LogP contribution is 2.34. The molecule has 1 nitrogen and oxygen atoms in total. The lowest BCUT2D eigenvalue weighted by molar-refractivity contribution is 0.315. The van der Waals surface area contributed by atoms with Crippen LogP contribution < -0.4 is 5.32 Å². The van der Waals surface area contributed by atoms with Gasteiger partial charge in [-0.25, -0.2) is 0 Å². The summed E-state index contributed by atoms with van der Waals surface area (Å²) in [5, 5.41) is 3.83. The van der Waals surface area contributed by atoms with Gasteiger partial charge in [-0.3, -0.25) is 0 Å². The summed E-state index contributed by atoms with van der Waals surface area (Å²) in [6, 6.07) is 5.15. The maximum Gasteiger partial charge on any atom is 0.0351 e. The molecular weight excluding hydrogens is 322 g/mol. The summed E-state index contributed by atoms with van der Waals surface area (Å²) in [6.07, 6.45) is 6.34. The molecule has 1 unspecified atom stereocenters. The molecule has 1 rings (SSSR count). The van der Waals surface area contributed by atoms with Gasteiger partial charge >= 0.3 is 0 Å². The molecule has 0 bridgehead atoms. The zero-order valence-electron chi connectivity index (χ0n) is 14.4. The standard InChI is InChI=1S/C19H32BrN/c1-6-9-16(10-7-2)19(21-11-8-3)17-12-15(5)18(20)13-14(17)4/h12-13,16,19,21H,6-11H2,1-5H3. The van der Waals surface area contributed by atoms with E-state index in [0.717, 1.165) is 12.5 Å². The molecule has 21 heavy (non-hydrogen) atoms. The zero-order valence-corrected chi connectivity index (χ0v) is 16.0. The maximum absolute atomic E-state index is 3.83. The Morgan fingerprint density at radius 1 is 0.952 bits per heavy atom. The van der Waals surface area contributed by atoms with Gasteiger partial charge in [0.25, 0.3) is 0 Å². The second-order valence-electron chi connectivity index (χ2n) is 6.23. The van der Waals surface area contributed by atoms with Crippen LogP contribution in [0.15, 0.2) is 16.6 Å². The van der Waals surface area contributed by atoms with Crippen LogP contribution in [0.2, 0.25) is 0 Å². The monoisotopic (exact) mass is 353 g/mol. The van der Waals surface area contributed by atoms with Crippen LogP contribution in [0, 0.1) is 19.8 Å². The largest absolute Gasteiger partial charge is 0.310 e. The van der Waals surface area contributed by atoms with E-state index in [0.29, 0.717) is 6.04 Å². The first-order chi connectivity index (χ1) is 10.0. The minimum Gasteiger partial charge on any atom is -0.310 e. The summed E-state index contributed by atoms with van der Waals surface area (Å²) in [4.78, 5) is 0. The Balaban J connectivity index is 3.13. The van der Waals surface area contributed by atoms with Crippen LogP contribution in [0.3, 0.4) is 0 Å². The normalized spacial score (nSPS) is 12.9. The lowest BCUT2D eigenvalue weighted by Crippen LogP contribution is -2.30. The third-order valence-electron chi connectivity index (χ3n) is 4.29. The van der Waals surface area contributed by atoms with Gasteiger partial charge in [-0.2, -0.15) is 0 Å². The summed E-state index contributed by atoms with van der Waals surface area (Å²) >= 11 is 3.66. The van der Waals surface area contributed by atoms with Gasteiger partial charge in [0.1, 0.15) is 0 Å². The van der Waals surface area contributed by atoms with Crippen molar-refractivity contribution >= 4 is 15.9 Å². The molecular formula is C19H32BrN. The first kappa shape index (κ1) is 18.7. The summed E-state index contributed by atoms with van der Waals surface area (Å²) in [5.41, 5.74) is 4.24. The second kappa shape index (κ2) is 9.63. The number of benzene rings is 1. The Hall–Kier alpha value is -0.340. The highest BCUT2D eigenvalue weighted by atomic mass is 79.9. The van der Waals surface area contributed by atoms with Crippen molar-refractivity contribution in [2.75, 3.05) is 6.54 Å². The molecule has 0 spiro atoms. The zero-order chi connectivity index (χ0) is 15.8. The molecule has 0 aliphatic heterocycles. The van der Waals surface area contributed by atoms with Crippen LogP contribution >= 0.6 is 15.9 Å². The Labute approximate surface area is 140 Å². The molecule has 1 aromatic carbocycles. The van der Waals surface area contributed by atoms with Crippen molar-refractivity contribution in [1.29, 1.82) is 0 Å². The van der Waals surface area contributed by atoms with Gasteiger partial charge < -0.3 is 5.32 Å². The number of hydrogen-bond donors (Lipinski definition) is 1. The number of aryl methyl sites for hydroxylation is 2. The first-order valence-electron chi connectivity index (χ1n) is 8.55. The van der Waals surface area contributed by atoms with E-state index in [1.807, 2.05) is 0 Å². The molecule has 0 saturated carbocycles.